The topological polar surface area (TPSA) is 15.7 Å². The fraction of sp³-hybridized carbons (Fsp3) is 0.667. The van der Waals surface area contributed by atoms with Crippen LogP contribution in [0.1, 0.15) is 45.1 Å². The average molecular weight is 290 g/mol. The van der Waals surface area contributed by atoms with Gasteiger partial charge in [-0.15, -0.1) is 0 Å². The van der Waals surface area contributed by atoms with E-state index in [1.54, 1.807) is 7.11 Å². The van der Waals surface area contributed by atoms with Crippen LogP contribution in [0.2, 0.25) is 0 Å². The molecule has 1 heterocycles. The van der Waals surface area contributed by atoms with Gasteiger partial charge in [0.2, 0.25) is 0 Å². The molecule has 0 N–H and O–H groups in total. The highest BCUT2D eigenvalue weighted by Crippen LogP contribution is 2.32. The maximum atomic E-state index is 5.53. The fourth-order valence-corrected chi connectivity index (χ4v) is 3.07. The van der Waals surface area contributed by atoms with Gasteiger partial charge in [0.1, 0.15) is 5.75 Å². The van der Waals surface area contributed by atoms with E-state index in [0.717, 1.165) is 25.3 Å². The molecule has 0 bridgehead atoms. The van der Waals surface area contributed by atoms with Gasteiger partial charge < -0.3 is 9.64 Å². The van der Waals surface area contributed by atoms with Gasteiger partial charge in [-0.1, -0.05) is 20.8 Å². The molecule has 2 rings (SSSR count). The lowest BCUT2D eigenvalue weighted by Crippen LogP contribution is -2.46. The molecule has 3 heteroatoms. The van der Waals surface area contributed by atoms with Gasteiger partial charge in [-0.2, -0.15) is 0 Å². The first-order valence-electron chi connectivity index (χ1n) is 8.34. The quantitative estimate of drug-likeness (QED) is 0.794. The van der Waals surface area contributed by atoms with Crippen molar-refractivity contribution in [3.63, 3.8) is 0 Å². The van der Waals surface area contributed by atoms with Crippen molar-refractivity contribution in [2.75, 3.05) is 44.7 Å². The molecule has 0 saturated carbocycles. The molecule has 1 fully saturated rings. The minimum atomic E-state index is 0.543. The van der Waals surface area contributed by atoms with Gasteiger partial charge in [0.25, 0.3) is 0 Å². The van der Waals surface area contributed by atoms with E-state index in [1.807, 2.05) is 0 Å². The van der Waals surface area contributed by atoms with Crippen molar-refractivity contribution in [1.29, 1.82) is 0 Å². The van der Waals surface area contributed by atoms with Crippen LogP contribution in [0.25, 0.3) is 0 Å². The lowest BCUT2D eigenvalue weighted by molar-refractivity contribution is 0.258. The summed E-state index contributed by atoms with van der Waals surface area (Å²) in [4.78, 5) is 5.08. The molecule has 1 aliphatic heterocycles. The maximum Gasteiger partial charge on any atom is 0.122 e. The predicted molar refractivity (Wildman–Crippen MR) is 90.6 cm³/mol. The highest BCUT2D eigenvalue weighted by Gasteiger charge is 2.18. The third-order valence-electron chi connectivity index (χ3n) is 4.63. The highest BCUT2D eigenvalue weighted by molar-refractivity contribution is 5.54. The van der Waals surface area contributed by atoms with Gasteiger partial charge in [-0.25, -0.2) is 0 Å². The molecule has 1 unspecified atom stereocenters. The third-order valence-corrected chi connectivity index (χ3v) is 4.63. The van der Waals surface area contributed by atoms with Gasteiger partial charge in [-0.05, 0) is 49.1 Å². The number of benzene rings is 1. The summed E-state index contributed by atoms with van der Waals surface area (Å²) in [5, 5.41) is 0. The normalized spacial score (nSPS) is 17.8. The Balaban J connectivity index is 2.10. The zero-order valence-electron chi connectivity index (χ0n) is 14.1. The van der Waals surface area contributed by atoms with E-state index >= 15 is 0 Å². The van der Waals surface area contributed by atoms with Crippen LogP contribution in [0.5, 0.6) is 5.75 Å². The summed E-state index contributed by atoms with van der Waals surface area (Å²) in [6.07, 6.45) is 2.39. The van der Waals surface area contributed by atoms with Gasteiger partial charge in [0.15, 0.2) is 0 Å². The van der Waals surface area contributed by atoms with Crippen LogP contribution in [-0.4, -0.2) is 44.7 Å². The zero-order chi connectivity index (χ0) is 15.2. The lowest BCUT2D eigenvalue weighted by atomic mass is 9.96. The molecule has 0 amide bonds. The SMILES string of the molecule is CCCN1CCN(c2ccc(OC)c(C(C)CC)c2)CC1. The van der Waals surface area contributed by atoms with Crippen LogP contribution in [-0.2, 0) is 0 Å². The van der Waals surface area contributed by atoms with E-state index in [9.17, 15) is 0 Å². The van der Waals surface area contributed by atoms with Crippen molar-refractivity contribution in [3.05, 3.63) is 23.8 Å². The number of anilines is 1. The second kappa shape index (κ2) is 7.69. The van der Waals surface area contributed by atoms with Crippen molar-refractivity contribution in [1.82, 2.24) is 4.90 Å². The van der Waals surface area contributed by atoms with E-state index in [-0.39, 0.29) is 0 Å². The van der Waals surface area contributed by atoms with E-state index in [4.69, 9.17) is 4.74 Å². The average Bonchev–Trinajstić information content (AvgIpc) is 2.54. The van der Waals surface area contributed by atoms with Crippen molar-refractivity contribution in [2.45, 2.75) is 39.5 Å². The molecule has 21 heavy (non-hydrogen) atoms. The van der Waals surface area contributed by atoms with Crippen LogP contribution in [0.4, 0.5) is 5.69 Å². The molecular weight excluding hydrogens is 260 g/mol. The Morgan fingerprint density at radius 3 is 2.43 bits per heavy atom. The van der Waals surface area contributed by atoms with Gasteiger partial charge in [0.05, 0.1) is 7.11 Å². The summed E-state index contributed by atoms with van der Waals surface area (Å²) in [5.74, 6) is 1.57. The number of methoxy groups -OCH3 is 1. The van der Waals surface area contributed by atoms with Crippen molar-refractivity contribution >= 4 is 5.69 Å². The number of ether oxygens (including phenoxy) is 1. The Morgan fingerprint density at radius 2 is 1.86 bits per heavy atom. The largest absolute Gasteiger partial charge is 0.496 e. The van der Waals surface area contributed by atoms with Crippen LogP contribution in [0.15, 0.2) is 18.2 Å². The third kappa shape index (κ3) is 3.91. The first-order chi connectivity index (χ1) is 10.2. The molecule has 0 radical (unpaired) electrons. The highest BCUT2D eigenvalue weighted by atomic mass is 16.5. The van der Waals surface area contributed by atoms with Crippen molar-refractivity contribution in [2.24, 2.45) is 0 Å². The van der Waals surface area contributed by atoms with Gasteiger partial charge in [0, 0.05) is 31.9 Å². The minimum absolute atomic E-state index is 0.543. The summed E-state index contributed by atoms with van der Waals surface area (Å²) in [7, 11) is 1.77. The molecule has 1 aromatic rings. The van der Waals surface area contributed by atoms with Crippen LogP contribution < -0.4 is 9.64 Å². The molecule has 0 aromatic heterocycles. The molecule has 1 aromatic carbocycles. The molecule has 118 valence electrons. The van der Waals surface area contributed by atoms with E-state index in [0.29, 0.717) is 5.92 Å². The molecule has 1 aliphatic rings. The smallest absolute Gasteiger partial charge is 0.122 e. The van der Waals surface area contributed by atoms with E-state index in [1.165, 1.54) is 37.3 Å². The second-order valence-electron chi connectivity index (χ2n) is 6.06. The number of hydrogen-bond acceptors (Lipinski definition) is 3. The van der Waals surface area contributed by atoms with E-state index in [2.05, 4.69) is 48.8 Å². The molecular formula is C18H30N2O. The number of hydrogen-bond donors (Lipinski definition) is 0. The zero-order valence-corrected chi connectivity index (χ0v) is 14.1. The lowest BCUT2D eigenvalue weighted by Gasteiger charge is -2.36. The molecule has 3 nitrogen and oxygen atoms in total. The molecule has 1 atom stereocenters. The number of nitrogens with zero attached hydrogens (tertiary/aromatic N) is 2. The van der Waals surface area contributed by atoms with Gasteiger partial charge in [-0.3, -0.25) is 4.90 Å². The molecule has 1 saturated heterocycles. The summed E-state index contributed by atoms with van der Waals surface area (Å²) < 4.78 is 5.53. The minimum Gasteiger partial charge on any atom is -0.496 e. The number of piperazine rings is 1. The van der Waals surface area contributed by atoms with E-state index < -0.39 is 0 Å². The molecule has 0 spiro atoms. The Morgan fingerprint density at radius 1 is 1.14 bits per heavy atom. The van der Waals surface area contributed by atoms with Crippen molar-refractivity contribution < 1.29 is 4.74 Å². The fourth-order valence-electron chi connectivity index (χ4n) is 3.07. The Hall–Kier alpha value is -1.22. The first kappa shape index (κ1) is 16.2. The maximum absolute atomic E-state index is 5.53. The Labute approximate surface area is 129 Å². The van der Waals surface area contributed by atoms with Gasteiger partial charge >= 0.3 is 0 Å². The van der Waals surface area contributed by atoms with Crippen molar-refractivity contribution in [3.8, 4) is 5.75 Å². The Kier molecular flexibility index (Phi) is 5.92. The first-order valence-corrected chi connectivity index (χ1v) is 8.34. The predicted octanol–water partition coefficient (Wildman–Crippen LogP) is 3.74. The molecule has 0 aliphatic carbocycles. The Bertz CT molecular complexity index is 439. The van der Waals surface area contributed by atoms with Crippen LogP contribution >= 0.6 is 0 Å². The standard InChI is InChI=1S/C18H30N2O/c1-5-9-19-10-12-20(13-11-19)16-7-8-18(21-4)17(14-16)15(3)6-2/h7-8,14-15H,5-6,9-13H2,1-4H3. The number of rotatable bonds is 6. The summed E-state index contributed by atoms with van der Waals surface area (Å²) in [5.41, 5.74) is 2.69. The summed E-state index contributed by atoms with van der Waals surface area (Å²) >= 11 is 0. The van der Waals surface area contributed by atoms with Crippen LogP contribution in [0.3, 0.4) is 0 Å². The second-order valence-corrected chi connectivity index (χ2v) is 6.06. The summed E-state index contributed by atoms with van der Waals surface area (Å²) in [6, 6.07) is 6.68. The summed E-state index contributed by atoms with van der Waals surface area (Å²) in [6.45, 7) is 12.6. The van der Waals surface area contributed by atoms with Crippen LogP contribution in [0, 0.1) is 0 Å². The monoisotopic (exact) mass is 290 g/mol.